The van der Waals surface area contributed by atoms with Crippen molar-refractivity contribution in [1.82, 2.24) is 15.2 Å². The average molecular weight is 297 g/mol. The van der Waals surface area contributed by atoms with E-state index in [2.05, 4.69) is 24.1 Å². The molecule has 1 unspecified atom stereocenters. The zero-order valence-corrected chi connectivity index (χ0v) is 12.4. The van der Waals surface area contributed by atoms with Crippen molar-refractivity contribution in [2.24, 2.45) is 5.92 Å². The molecule has 1 fully saturated rings. The van der Waals surface area contributed by atoms with Crippen LogP contribution < -0.4 is 5.32 Å². The number of likely N-dealkylation sites (tertiary alicyclic amines) is 1. The summed E-state index contributed by atoms with van der Waals surface area (Å²) in [6.07, 6.45) is 2.09. The van der Waals surface area contributed by atoms with Gasteiger partial charge < -0.3 is 15.3 Å². The summed E-state index contributed by atoms with van der Waals surface area (Å²) >= 11 is 1.24. The number of aromatic carboxylic acids is 1. The van der Waals surface area contributed by atoms with E-state index in [1.165, 1.54) is 16.7 Å². The molecule has 2 rings (SSSR count). The summed E-state index contributed by atoms with van der Waals surface area (Å²) in [5.74, 6) is -0.597. The van der Waals surface area contributed by atoms with Gasteiger partial charge >= 0.3 is 12.0 Å². The molecule has 0 aromatic carbocycles. The van der Waals surface area contributed by atoms with Gasteiger partial charge in [0.2, 0.25) is 0 Å². The molecule has 2 N–H and O–H groups in total. The van der Waals surface area contributed by atoms with E-state index < -0.39 is 5.97 Å². The summed E-state index contributed by atoms with van der Waals surface area (Å²) in [7, 11) is 0. The zero-order chi connectivity index (χ0) is 14.7. The fraction of sp³-hybridized carbons (Fsp3) is 0.615. The van der Waals surface area contributed by atoms with Crippen LogP contribution >= 0.6 is 11.3 Å². The van der Waals surface area contributed by atoms with E-state index in [1.54, 1.807) is 0 Å². The lowest BCUT2D eigenvalue weighted by Gasteiger charge is -2.27. The Morgan fingerprint density at radius 3 is 2.95 bits per heavy atom. The average Bonchev–Trinajstić information content (AvgIpc) is 3.04. The van der Waals surface area contributed by atoms with Gasteiger partial charge in [-0.3, -0.25) is 0 Å². The second-order valence-corrected chi connectivity index (χ2v) is 6.18. The van der Waals surface area contributed by atoms with Crippen LogP contribution in [0.3, 0.4) is 0 Å². The molecule has 0 saturated carbocycles. The van der Waals surface area contributed by atoms with Crippen molar-refractivity contribution < 1.29 is 14.7 Å². The third-order valence-electron chi connectivity index (χ3n) is 3.49. The van der Waals surface area contributed by atoms with E-state index in [4.69, 9.17) is 5.11 Å². The Labute approximate surface area is 121 Å². The number of thiazole rings is 1. The number of carboxylic acids is 1. The van der Waals surface area contributed by atoms with Crippen LogP contribution in [-0.4, -0.2) is 39.6 Å². The first-order chi connectivity index (χ1) is 9.49. The first-order valence-electron chi connectivity index (χ1n) is 6.71. The van der Waals surface area contributed by atoms with E-state index in [9.17, 15) is 9.59 Å². The van der Waals surface area contributed by atoms with Gasteiger partial charge in [-0.1, -0.05) is 13.8 Å². The third-order valence-corrected chi connectivity index (χ3v) is 4.34. The summed E-state index contributed by atoms with van der Waals surface area (Å²) < 4.78 is 0. The molecule has 110 valence electrons. The third kappa shape index (κ3) is 3.27. The van der Waals surface area contributed by atoms with Crippen LogP contribution in [0.4, 0.5) is 4.79 Å². The Morgan fingerprint density at radius 2 is 2.35 bits per heavy atom. The second-order valence-electron chi connectivity index (χ2n) is 5.24. The van der Waals surface area contributed by atoms with Gasteiger partial charge in [0.1, 0.15) is 5.01 Å². The van der Waals surface area contributed by atoms with Gasteiger partial charge in [-0.25, -0.2) is 14.6 Å². The van der Waals surface area contributed by atoms with E-state index in [-0.39, 0.29) is 18.3 Å². The number of carbonyl (C=O) groups is 2. The van der Waals surface area contributed by atoms with Gasteiger partial charge in [-0.15, -0.1) is 11.3 Å². The van der Waals surface area contributed by atoms with Crippen molar-refractivity contribution in [1.29, 1.82) is 0 Å². The molecule has 1 saturated heterocycles. The molecule has 6 nitrogen and oxygen atoms in total. The fourth-order valence-corrected chi connectivity index (χ4v) is 3.19. The van der Waals surface area contributed by atoms with Crippen LogP contribution in [0.15, 0.2) is 5.38 Å². The molecule has 0 bridgehead atoms. The van der Waals surface area contributed by atoms with Crippen LogP contribution in [-0.2, 0) is 6.54 Å². The van der Waals surface area contributed by atoms with Crippen LogP contribution in [0.25, 0.3) is 0 Å². The molecular weight excluding hydrogens is 278 g/mol. The number of rotatable bonds is 4. The highest BCUT2D eigenvalue weighted by Crippen LogP contribution is 2.23. The summed E-state index contributed by atoms with van der Waals surface area (Å²) in [6.45, 7) is 5.30. The highest BCUT2D eigenvalue weighted by Gasteiger charge is 2.30. The summed E-state index contributed by atoms with van der Waals surface area (Å²) in [6, 6.07) is 0.203. The van der Waals surface area contributed by atoms with E-state index >= 15 is 0 Å². The number of hydrogen-bond donors (Lipinski definition) is 2. The van der Waals surface area contributed by atoms with Gasteiger partial charge in [0.25, 0.3) is 0 Å². The molecule has 2 amide bonds. The van der Waals surface area contributed by atoms with E-state index in [0.717, 1.165) is 19.4 Å². The highest BCUT2D eigenvalue weighted by atomic mass is 32.1. The van der Waals surface area contributed by atoms with Crippen molar-refractivity contribution in [3.8, 4) is 0 Å². The quantitative estimate of drug-likeness (QED) is 0.892. The molecular formula is C13H19N3O3S. The lowest BCUT2D eigenvalue weighted by molar-refractivity contribution is 0.0691. The lowest BCUT2D eigenvalue weighted by atomic mass is 10.0. The minimum absolute atomic E-state index is 0.0282. The Hall–Kier alpha value is -1.63. The molecule has 0 radical (unpaired) electrons. The molecule has 0 spiro atoms. The standard InChI is InChI=1S/C13H19N3O3S/c1-8(2)10-4-3-5-16(10)13(19)14-6-11-15-9(7-20-11)12(17)18/h7-8,10H,3-6H2,1-2H3,(H,14,19)(H,17,18). The first-order valence-corrected chi connectivity index (χ1v) is 7.59. The van der Waals surface area contributed by atoms with Gasteiger partial charge in [0, 0.05) is 18.0 Å². The molecule has 2 heterocycles. The monoisotopic (exact) mass is 297 g/mol. The van der Waals surface area contributed by atoms with Crippen molar-refractivity contribution in [2.45, 2.75) is 39.3 Å². The molecule has 20 heavy (non-hydrogen) atoms. The predicted molar refractivity (Wildman–Crippen MR) is 75.9 cm³/mol. The number of carbonyl (C=O) groups excluding carboxylic acids is 1. The SMILES string of the molecule is CC(C)C1CCCN1C(=O)NCc1nc(C(=O)O)cs1. The van der Waals surface area contributed by atoms with E-state index in [1.807, 2.05) is 4.90 Å². The smallest absolute Gasteiger partial charge is 0.355 e. The fourth-order valence-electron chi connectivity index (χ4n) is 2.48. The molecule has 1 aromatic rings. The largest absolute Gasteiger partial charge is 0.476 e. The summed E-state index contributed by atoms with van der Waals surface area (Å²) in [4.78, 5) is 28.7. The number of urea groups is 1. The molecule has 1 aliphatic heterocycles. The number of nitrogens with one attached hydrogen (secondary N) is 1. The molecule has 1 aromatic heterocycles. The maximum absolute atomic E-state index is 12.1. The maximum Gasteiger partial charge on any atom is 0.355 e. The van der Waals surface area contributed by atoms with Crippen LogP contribution in [0, 0.1) is 5.92 Å². The molecule has 1 atom stereocenters. The molecule has 1 aliphatic rings. The van der Waals surface area contributed by atoms with Crippen molar-refractivity contribution >= 4 is 23.3 Å². The van der Waals surface area contributed by atoms with Crippen molar-refractivity contribution in [2.75, 3.05) is 6.54 Å². The summed E-state index contributed by atoms with van der Waals surface area (Å²) in [5, 5.41) is 13.7. The molecule has 0 aliphatic carbocycles. The lowest BCUT2D eigenvalue weighted by Crippen LogP contribution is -2.44. The number of nitrogens with zero attached hydrogens (tertiary/aromatic N) is 2. The number of aromatic nitrogens is 1. The van der Waals surface area contributed by atoms with Crippen molar-refractivity contribution in [3.63, 3.8) is 0 Å². The Balaban J connectivity index is 1.89. The van der Waals surface area contributed by atoms with Gasteiger partial charge in [-0.05, 0) is 18.8 Å². The van der Waals surface area contributed by atoms with Gasteiger partial charge in [-0.2, -0.15) is 0 Å². The number of hydrogen-bond acceptors (Lipinski definition) is 4. The van der Waals surface area contributed by atoms with Gasteiger partial charge in [0.15, 0.2) is 5.69 Å². The maximum atomic E-state index is 12.1. The zero-order valence-electron chi connectivity index (χ0n) is 11.6. The second kappa shape index (κ2) is 6.21. The van der Waals surface area contributed by atoms with Crippen LogP contribution in [0.2, 0.25) is 0 Å². The topological polar surface area (TPSA) is 82.5 Å². The highest BCUT2D eigenvalue weighted by molar-refractivity contribution is 7.09. The number of carboxylic acid groups (broad SMARTS) is 1. The van der Waals surface area contributed by atoms with Crippen molar-refractivity contribution in [3.05, 3.63) is 16.1 Å². The Morgan fingerprint density at radius 1 is 1.60 bits per heavy atom. The Kier molecular flexibility index (Phi) is 4.59. The van der Waals surface area contributed by atoms with Gasteiger partial charge in [0.05, 0.1) is 6.54 Å². The summed E-state index contributed by atoms with van der Waals surface area (Å²) in [5.41, 5.74) is 0.0282. The Bertz CT molecular complexity index is 501. The minimum atomic E-state index is -1.04. The van der Waals surface area contributed by atoms with E-state index in [0.29, 0.717) is 17.0 Å². The molecule has 7 heteroatoms. The minimum Gasteiger partial charge on any atom is -0.476 e. The normalized spacial score (nSPS) is 18.6. The first kappa shape index (κ1) is 14.8. The van der Waals surface area contributed by atoms with Crippen LogP contribution in [0.1, 0.15) is 42.2 Å². The number of amides is 2. The predicted octanol–water partition coefficient (Wildman–Crippen LogP) is 2.17. The van der Waals surface area contributed by atoms with Crippen LogP contribution in [0.5, 0.6) is 0 Å².